The zero-order valence-corrected chi connectivity index (χ0v) is 17.2. The zero-order chi connectivity index (χ0) is 17.7. The quantitative estimate of drug-likeness (QED) is 0.259. The van der Waals surface area contributed by atoms with Gasteiger partial charge in [-0.25, -0.2) is 0 Å². The third-order valence-electron chi connectivity index (χ3n) is 4.81. The van der Waals surface area contributed by atoms with Crippen molar-refractivity contribution < 1.29 is 14.0 Å². The van der Waals surface area contributed by atoms with Gasteiger partial charge >= 0.3 is 0 Å². The zero-order valence-electron chi connectivity index (χ0n) is 14.9. The van der Waals surface area contributed by atoms with Crippen LogP contribution in [0.2, 0.25) is 0 Å². The van der Waals surface area contributed by atoms with Gasteiger partial charge in [-0.1, -0.05) is 0 Å². The van der Waals surface area contributed by atoms with Crippen molar-refractivity contribution in [3.8, 4) is 0 Å². The molecule has 1 unspecified atom stereocenters. The van der Waals surface area contributed by atoms with Crippen molar-refractivity contribution >= 4 is 41.8 Å². The first kappa shape index (κ1) is 20.5. The van der Waals surface area contributed by atoms with Crippen LogP contribution in [0.25, 0.3) is 0 Å². The Morgan fingerprint density at radius 1 is 1.42 bits per heavy atom. The lowest BCUT2D eigenvalue weighted by Gasteiger charge is -2.40. The molecular formula is C17H26IN5O3. The van der Waals surface area contributed by atoms with E-state index in [-0.39, 0.29) is 41.2 Å². The van der Waals surface area contributed by atoms with Crippen molar-refractivity contribution in [3.63, 3.8) is 0 Å². The summed E-state index contributed by atoms with van der Waals surface area (Å²) in [6, 6.07) is 3.32. The van der Waals surface area contributed by atoms with Crippen molar-refractivity contribution in [1.82, 2.24) is 20.9 Å². The Bertz CT molecular complexity index is 649. The SMILES string of the molecule is CN=C(NCCNC(=O)c1ccco1)N1CCCC2(CNC(=O)C2)C1.I. The van der Waals surface area contributed by atoms with Crippen molar-refractivity contribution in [2.45, 2.75) is 19.3 Å². The summed E-state index contributed by atoms with van der Waals surface area (Å²) < 4.78 is 5.05. The van der Waals surface area contributed by atoms with Gasteiger partial charge in [0.1, 0.15) is 0 Å². The number of furan rings is 1. The molecule has 3 heterocycles. The molecule has 9 heteroatoms. The number of amides is 2. The number of nitrogens with one attached hydrogen (secondary N) is 3. The van der Waals surface area contributed by atoms with Crippen molar-refractivity contribution in [3.05, 3.63) is 24.2 Å². The molecule has 0 radical (unpaired) electrons. The third kappa shape index (κ3) is 4.89. The lowest BCUT2D eigenvalue weighted by atomic mass is 9.79. The third-order valence-corrected chi connectivity index (χ3v) is 4.81. The number of carbonyl (C=O) groups excluding carboxylic acids is 2. The second kappa shape index (κ2) is 9.24. The van der Waals surface area contributed by atoms with Crippen LogP contribution in [0.15, 0.2) is 27.8 Å². The van der Waals surface area contributed by atoms with Gasteiger partial charge in [-0.15, -0.1) is 24.0 Å². The summed E-state index contributed by atoms with van der Waals surface area (Å²) in [5, 5.41) is 9.03. The first-order valence-electron chi connectivity index (χ1n) is 8.66. The summed E-state index contributed by atoms with van der Waals surface area (Å²) in [5.74, 6) is 1.03. The van der Waals surface area contributed by atoms with Crippen LogP contribution in [-0.4, -0.2) is 62.4 Å². The topological polar surface area (TPSA) is 99.0 Å². The molecule has 2 amide bonds. The maximum absolute atomic E-state index is 11.8. The largest absolute Gasteiger partial charge is 0.459 e. The van der Waals surface area contributed by atoms with E-state index >= 15 is 0 Å². The Hall–Kier alpha value is -1.78. The molecule has 3 rings (SSSR count). The first-order chi connectivity index (χ1) is 12.1. The minimum absolute atomic E-state index is 0. The highest BCUT2D eigenvalue weighted by atomic mass is 127. The number of likely N-dealkylation sites (tertiary alicyclic amines) is 1. The van der Waals surface area contributed by atoms with Crippen LogP contribution in [-0.2, 0) is 4.79 Å². The number of hydrogen-bond donors (Lipinski definition) is 3. The number of hydrogen-bond acceptors (Lipinski definition) is 4. The predicted octanol–water partition coefficient (Wildman–Crippen LogP) is 0.805. The average Bonchev–Trinajstić information content (AvgIpc) is 3.25. The van der Waals surface area contributed by atoms with E-state index in [2.05, 4.69) is 25.8 Å². The van der Waals surface area contributed by atoms with E-state index in [1.54, 1.807) is 19.2 Å². The van der Waals surface area contributed by atoms with E-state index in [1.807, 2.05) is 0 Å². The molecule has 0 aromatic carbocycles. The molecule has 8 nitrogen and oxygen atoms in total. The number of rotatable bonds is 4. The van der Waals surface area contributed by atoms with Gasteiger partial charge < -0.3 is 25.3 Å². The van der Waals surface area contributed by atoms with Crippen molar-refractivity contribution in [2.75, 3.05) is 39.8 Å². The van der Waals surface area contributed by atoms with Crippen LogP contribution < -0.4 is 16.0 Å². The van der Waals surface area contributed by atoms with E-state index in [1.165, 1.54) is 6.26 Å². The van der Waals surface area contributed by atoms with Crippen molar-refractivity contribution in [1.29, 1.82) is 0 Å². The lowest BCUT2D eigenvalue weighted by molar-refractivity contribution is -0.119. The first-order valence-corrected chi connectivity index (χ1v) is 8.66. The summed E-state index contributed by atoms with van der Waals surface area (Å²) in [4.78, 5) is 30.0. The molecular weight excluding hydrogens is 449 g/mol. The second-order valence-corrected chi connectivity index (χ2v) is 6.69. The van der Waals surface area contributed by atoms with E-state index in [4.69, 9.17) is 4.42 Å². The predicted molar refractivity (Wildman–Crippen MR) is 109 cm³/mol. The number of nitrogens with zero attached hydrogens (tertiary/aromatic N) is 2. The number of carbonyl (C=O) groups is 2. The minimum Gasteiger partial charge on any atom is -0.459 e. The van der Waals surface area contributed by atoms with E-state index in [0.29, 0.717) is 25.3 Å². The van der Waals surface area contributed by atoms with Gasteiger partial charge in [0.2, 0.25) is 5.91 Å². The van der Waals surface area contributed by atoms with Crippen molar-refractivity contribution in [2.24, 2.45) is 10.4 Å². The van der Waals surface area contributed by atoms with Gasteiger partial charge in [-0.2, -0.15) is 0 Å². The summed E-state index contributed by atoms with van der Waals surface area (Å²) in [7, 11) is 1.75. The summed E-state index contributed by atoms with van der Waals surface area (Å²) in [6.07, 6.45) is 4.19. The fraction of sp³-hybridized carbons (Fsp3) is 0.588. The Morgan fingerprint density at radius 3 is 2.88 bits per heavy atom. The Labute approximate surface area is 170 Å². The van der Waals surface area contributed by atoms with Gasteiger partial charge in [0.05, 0.1) is 6.26 Å². The molecule has 1 atom stereocenters. The monoisotopic (exact) mass is 475 g/mol. The molecule has 1 spiro atoms. The van der Waals surface area contributed by atoms with Crippen LogP contribution in [0.4, 0.5) is 0 Å². The molecule has 2 saturated heterocycles. The molecule has 1 aromatic heterocycles. The number of guanidine groups is 1. The highest BCUT2D eigenvalue weighted by molar-refractivity contribution is 14.0. The summed E-state index contributed by atoms with van der Waals surface area (Å²) in [6.45, 7) is 3.54. The maximum atomic E-state index is 11.8. The minimum atomic E-state index is -0.228. The van der Waals surface area contributed by atoms with Crippen LogP contribution in [0.5, 0.6) is 0 Å². The highest BCUT2D eigenvalue weighted by Gasteiger charge is 2.42. The molecule has 2 fully saturated rings. The number of halogens is 1. The van der Waals surface area contributed by atoms with Crippen LogP contribution in [0.3, 0.4) is 0 Å². The molecule has 0 saturated carbocycles. The Kier molecular flexibility index (Phi) is 7.30. The van der Waals surface area contributed by atoms with E-state index < -0.39 is 0 Å². The molecule has 26 heavy (non-hydrogen) atoms. The Balaban J connectivity index is 0.00000243. The number of piperidine rings is 1. The highest BCUT2D eigenvalue weighted by Crippen LogP contribution is 2.35. The smallest absolute Gasteiger partial charge is 0.287 e. The van der Waals surface area contributed by atoms with Crippen LogP contribution in [0.1, 0.15) is 29.8 Å². The molecule has 2 aliphatic rings. The molecule has 2 aliphatic heterocycles. The van der Waals surface area contributed by atoms with Gasteiger partial charge in [0.25, 0.3) is 5.91 Å². The molecule has 1 aromatic rings. The van der Waals surface area contributed by atoms with E-state index in [9.17, 15) is 9.59 Å². The standard InChI is InChI=1S/C17H25N5O3.HI/c1-18-16(20-7-6-19-15(24)13-4-2-9-25-13)22-8-3-5-17(12-22)10-14(23)21-11-17;/h2,4,9H,3,5-8,10-12H2,1H3,(H,18,20)(H,19,24)(H,21,23);1H. The van der Waals surface area contributed by atoms with E-state index in [0.717, 1.165) is 38.4 Å². The van der Waals surface area contributed by atoms with Crippen LogP contribution >= 0.6 is 24.0 Å². The second-order valence-electron chi connectivity index (χ2n) is 6.69. The lowest BCUT2D eigenvalue weighted by Crippen LogP contribution is -2.52. The molecule has 3 N–H and O–H groups in total. The summed E-state index contributed by atoms with van der Waals surface area (Å²) in [5.41, 5.74) is 0.0282. The van der Waals surface area contributed by atoms with Gasteiger partial charge in [-0.3, -0.25) is 14.6 Å². The van der Waals surface area contributed by atoms with Crippen LogP contribution in [0, 0.1) is 5.41 Å². The Morgan fingerprint density at radius 2 is 2.23 bits per heavy atom. The maximum Gasteiger partial charge on any atom is 0.287 e. The normalized spacial score (nSPS) is 22.7. The molecule has 0 aliphatic carbocycles. The fourth-order valence-corrected chi connectivity index (χ4v) is 3.61. The van der Waals surface area contributed by atoms with Gasteiger partial charge in [0.15, 0.2) is 11.7 Å². The average molecular weight is 475 g/mol. The fourth-order valence-electron chi connectivity index (χ4n) is 3.61. The van der Waals surface area contributed by atoms with Gasteiger partial charge in [-0.05, 0) is 25.0 Å². The molecule has 0 bridgehead atoms. The number of aliphatic imine (C=N–C) groups is 1. The van der Waals surface area contributed by atoms with Gasteiger partial charge in [0, 0.05) is 51.6 Å². The summed E-state index contributed by atoms with van der Waals surface area (Å²) >= 11 is 0. The molecule has 144 valence electrons.